The molecular weight excluding hydrogens is 288 g/mol. The van der Waals surface area contributed by atoms with Crippen LogP contribution >= 0.6 is 0 Å². The summed E-state index contributed by atoms with van der Waals surface area (Å²) in [6, 6.07) is 19.3. The molecule has 0 aromatic heterocycles. The molecule has 0 aliphatic carbocycles. The Balaban J connectivity index is 1.93. The van der Waals surface area contributed by atoms with Crippen LogP contribution in [0.2, 0.25) is 0 Å². The third kappa shape index (κ3) is 1.84. The normalized spacial score (nSPS) is 13.3. The van der Waals surface area contributed by atoms with E-state index < -0.39 is 0 Å². The van der Waals surface area contributed by atoms with E-state index in [-0.39, 0.29) is 11.8 Å². The van der Waals surface area contributed by atoms with Crippen molar-refractivity contribution >= 4 is 28.3 Å². The lowest BCUT2D eigenvalue weighted by Gasteiger charge is -2.27. The number of imide groups is 1. The number of amides is 2. The van der Waals surface area contributed by atoms with Crippen LogP contribution in [-0.2, 0) is 0 Å². The van der Waals surface area contributed by atoms with Crippen LogP contribution in [0.5, 0.6) is 0 Å². The van der Waals surface area contributed by atoms with Gasteiger partial charge in [-0.2, -0.15) is 5.26 Å². The Morgan fingerprint density at radius 2 is 1.35 bits per heavy atom. The standard InChI is InChI=1S/C19H10N2O2/c20-11-12-7-9-14(10-8-12)21-18(22)15-5-1-3-13-4-2-6-16(17(13)15)19(21)23/h1-10H. The van der Waals surface area contributed by atoms with Crippen molar-refractivity contribution in [3.63, 3.8) is 0 Å². The first-order valence-electron chi connectivity index (χ1n) is 7.11. The first-order chi connectivity index (χ1) is 11.2. The lowest BCUT2D eigenvalue weighted by molar-refractivity contribution is 0.0893. The van der Waals surface area contributed by atoms with Crippen LogP contribution in [-0.4, -0.2) is 11.8 Å². The summed E-state index contributed by atoms with van der Waals surface area (Å²) in [6.07, 6.45) is 0. The maximum atomic E-state index is 12.8. The second-order valence-electron chi connectivity index (χ2n) is 5.31. The van der Waals surface area contributed by atoms with Gasteiger partial charge in [0.2, 0.25) is 0 Å². The molecule has 4 heteroatoms. The monoisotopic (exact) mass is 298 g/mol. The van der Waals surface area contributed by atoms with E-state index in [4.69, 9.17) is 5.26 Å². The van der Waals surface area contributed by atoms with Crippen molar-refractivity contribution in [3.05, 3.63) is 77.4 Å². The minimum atomic E-state index is -0.344. The number of nitriles is 1. The number of benzene rings is 3. The molecule has 0 bridgehead atoms. The Hall–Kier alpha value is -3.45. The molecule has 23 heavy (non-hydrogen) atoms. The average molecular weight is 298 g/mol. The number of carbonyl (C=O) groups is 2. The van der Waals surface area contributed by atoms with Gasteiger partial charge in [-0.1, -0.05) is 24.3 Å². The number of anilines is 1. The van der Waals surface area contributed by atoms with Crippen molar-refractivity contribution in [2.75, 3.05) is 4.90 Å². The average Bonchev–Trinajstić information content (AvgIpc) is 2.60. The van der Waals surface area contributed by atoms with Crippen LogP contribution in [0.25, 0.3) is 10.8 Å². The third-order valence-electron chi connectivity index (χ3n) is 4.03. The van der Waals surface area contributed by atoms with Crippen molar-refractivity contribution in [2.45, 2.75) is 0 Å². The smallest absolute Gasteiger partial charge is 0.265 e. The summed E-state index contributed by atoms with van der Waals surface area (Å²) < 4.78 is 0. The molecule has 1 heterocycles. The first kappa shape index (κ1) is 13.2. The molecule has 0 N–H and O–H groups in total. The van der Waals surface area contributed by atoms with Gasteiger partial charge in [-0.15, -0.1) is 0 Å². The van der Waals surface area contributed by atoms with Gasteiger partial charge in [0, 0.05) is 16.5 Å². The molecular formula is C19H10N2O2. The van der Waals surface area contributed by atoms with E-state index in [2.05, 4.69) is 0 Å². The molecule has 1 aliphatic heterocycles. The zero-order chi connectivity index (χ0) is 16.0. The fourth-order valence-corrected chi connectivity index (χ4v) is 2.95. The summed E-state index contributed by atoms with van der Waals surface area (Å²) in [4.78, 5) is 26.8. The Morgan fingerprint density at radius 1 is 0.783 bits per heavy atom. The molecule has 4 rings (SSSR count). The predicted molar refractivity (Wildman–Crippen MR) is 86.2 cm³/mol. The SMILES string of the molecule is N#Cc1ccc(N2C(=O)c3cccc4cccc(c34)C2=O)cc1. The van der Waals surface area contributed by atoms with Crippen LogP contribution in [0.15, 0.2) is 60.7 Å². The molecule has 0 radical (unpaired) electrons. The zero-order valence-corrected chi connectivity index (χ0v) is 12.0. The van der Waals surface area contributed by atoms with Gasteiger partial charge in [0.25, 0.3) is 11.8 Å². The molecule has 0 saturated heterocycles. The Bertz CT molecular complexity index is 963. The highest BCUT2D eigenvalue weighted by molar-refractivity contribution is 6.35. The number of hydrogen-bond acceptors (Lipinski definition) is 3. The second-order valence-corrected chi connectivity index (χ2v) is 5.31. The summed E-state index contributed by atoms with van der Waals surface area (Å²) in [7, 11) is 0. The van der Waals surface area contributed by atoms with Crippen LogP contribution < -0.4 is 4.90 Å². The Morgan fingerprint density at radius 3 is 1.87 bits per heavy atom. The van der Waals surface area contributed by atoms with Gasteiger partial charge in [0.15, 0.2) is 0 Å². The van der Waals surface area contributed by atoms with Crippen molar-refractivity contribution in [2.24, 2.45) is 0 Å². The predicted octanol–water partition coefficient (Wildman–Crippen LogP) is 3.51. The largest absolute Gasteiger partial charge is 0.268 e. The summed E-state index contributed by atoms with van der Waals surface area (Å²) in [6.45, 7) is 0. The van der Waals surface area contributed by atoms with E-state index >= 15 is 0 Å². The van der Waals surface area contributed by atoms with Crippen molar-refractivity contribution in [3.8, 4) is 6.07 Å². The zero-order valence-electron chi connectivity index (χ0n) is 12.0. The maximum Gasteiger partial charge on any atom is 0.265 e. The van der Waals surface area contributed by atoms with E-state index in [1.54, 1.807) is 36.4 Å². The van der Waals surface area contributed by atoms with Crippen LogP contribution in [0.1, 0.15) is 26.3 Å². The summed E-state index contributed by atoms with van der Waals surface area (Å²) in [5, 5.41) is 10.5. The Labute approximate surface area is 132 Å². The van der Waals surface area contributed by atoms with Crippen LogP contribution in [0.3, 0.4) is 0 Å². The summed E-state index contributed by atoms with van der Waals surface area (Å²) in [5.41, 5.74) is 1.97. The quantitative estimate of drug-likeness (QED) is 0.646. The van der Waals surface area contributed by atoms with Gasteiger partial charge in [0.1, 0.15) is 0 Å². The molecule has 4 nitrogen and oxygen atoms in total. The highest BCUT2D eigenvalue weighted by atomic mass is 16.2. The topological polar surface area (TPSA) is 61.2 Å². The molecule has 0 spiro atoms. The molecule has 3 aromatic carbocycles. The second kappa shape index (κ2) is 4.79. The maximum absolute atomic E-state index is 12.8. The molecule has 2 amide bonds. The van der Waals surface area contributed by atoms with Gasteiger partial charge < -0.3 is 0 Å². The van der Waals surface area contributed by atoms with Gasteiger partial charge in [-0.05, 0) is 41.8 Å². The van der Waals surface area contributed by atoms with E-state index in [0.717, 1.165) is 10.3 Å². The summed E-state index contributed by atoms with van der Waals surface area (Å²) in [5.74, 6) is -0.687. The number of carbonyl (C=O) groups excluding carboxylic acids is 2. The lowest BCUT2D eigenvalue weighted by atomic mass is 9.94. The highest BCUT2D eigenvalue weighted by Crippen LogP contribution is 2.32. The van der Waals surface area contributed by atoms with Gasteiger partial charge in [0.05, 0.1) is 17.3 Å². The van der Waals surface area contributed by atoms with Gasteiger partial charge in [-0.3, -0.25) is 9.59 Å². The van der Waals surface area contributed by atoms with Gasteiger partial charge in [-0.25, -0.2) is 4.90 Å². The molecule has 0 unspecified atom stereocenters. The number of rotatable bonds is 1. The molecule has 3 aromatic rings. The third-order valence-corrected chi connectivity index (χ3v) is 4.03. The Kier molecular flexibility index (Phi) is 2.75. The van der Waals surface area contributed by atoms with E-state index in [0.29, 0.717) is 27.8 Å². The van der Waals surface area contributed by atoms with E-state index in [9.17, 15) is 9.59 Å². The summed E-state index contributed by atoms with van der Waals surface area (Å²) >= 11 is 0. The van der Waals surface area contributed by atoms with Crippen molar-refractivity contribution in [1.82, 2.24) is 0 Å². The first-order valence-corrected chi connectivity index (χ1v) is 7.11. The molecule has 108 valence electrons. The number of nitrogens with zero attached hydrogens (tertiary/aromatic N) is 2. The van der Waals surface area contributed by atoms with Crippen molar-refractivity contribution in [1.29, 1.82) is 5.26 Å². The minimum absolute atomic E-state index is 0.344. The van der Waals surface area contributed by atoms with E-state index in [1.165, 1.54) is 0 Å². The van der Waals surface area contributed by atoms with Crippen LogP contribution in [0, 0.1) is 11.3 Å². The van der Waals surface area contributed by atoms with E-state index in [1.807, 2.05) is 30.3 Å². The minimum Gasteiger partial charge on any atom is -0.268 e. The molecule has 0 atom stereocenters. The lowest BCUT2D eigenvalue weighted by Crippen LogP contribution is -2.40. The molecule has 0 fully saturated rings. The fraction of sp³-hybridized carbons (Fsp3) is 0. The van der Waals surface area contributed by atoms with Gasteiger partial charge >= 0.3 is 0 Å². The number of hydrogen-bond donors (Lipinski definition) is 0. The highest BCUT2D eigenvalue weighted by Gasteiger charge is 2.33. The van der Waals surface area contributed by atoms with Crippen LogP contribution in [0.4, 0.5) is 5.69 Å². The fourth-order valence-electron chi connectivity index (χ4n) is 2.95. The molecule has 0 saturated carbocycles. The van der Waals surface area contributed by atoms with Crippen molar-refractivity contribution < 1.29 is 9.59 Å². The molecule has 1 aliphatic rings.